The third kappa shape index (κ3) is 5.04. The van der Waals surface area contributed by atoms with Gasteiger partial charge in [0.25, 0.3) is 11.5 Å². The zero-order valence-corrected chi connectivity index (χ0v) is 18.7. The van der Waals surface area contributed by atoms with E-state index in [9.17, 15) is 9.59 Å². The Balaban J connectivity index is 1.40. The molecule has 0 bridgehead atoms. The Morgan fingerprint density at radius 2 is 1.81 bits per heavy atom. The van der Waals surface area contributed by atoms with Gasteiger partial charge in [0.2, 0.25) is 0 Å². The number of nitrogens with zero attached hydrogens (tertiary/aromatic N) is 3. The largest absolute Gasteiger partial charge is 0.481 e. The number of benzene rings is 1. The molecule has 1 aliphatic heterocycles. The van der Waals surface area contributed by atoms with Crippen LogP contribution in [0.4, 0.5) is 0 Å². The van der Waals surface area contributed by atoms with Gasteiger partial charge in [0.15, 0.2) is 6.10 Å². The van der Waals surface area contributed by atoms with Crippen LogP contribution in [0.1, 0.15) is 42.6 Å². The normalized spacial score (nSPS) is 15.4. The van der Waals surface area contributed by atoms with Gasteiger partial charge in [-0.3, -0.25) is 14.6 Å². The van der Waals surface area contributed by atoms with Crippen molar-refractivity contribution in [1.29, 1.82) is 0 Å². The van der Waals surface area contributed by atoms with Crippen molar-refractivity contribution < 1.29 is 9.53 Å². The average Bonchev–Trinajstić information content (AvgIpc) is 2.78. The van der Waals surface area contributed by atoms with Gasteiger partial charge in [0.05, 0.1) is 11.4 Å². The maximum Gasteiger partial charge on any atom is 0.263 e. The van der Waals surface area contributed by atoms with Gasteiger partial charge in [-0.05, 0) is 69.0 Å². The highest BCUT2D eigenvalue weighted by atomic mass is 16.5. The molecule has 7 nitrogen and oxygen atoms in total. The van der Waals surface area contributed by atoms with E-state index in [2.05, 4.69) is 21.0 Å². The molecule has 0 unspecified atom stereocenters. The van der Waals surface area contributed by atoms with Gasteiger partial charge in [0, 0.05) is 31.3 Å². The Morgan fingerprint density at radius 1 is 1.09 bits per heavy atom. The monoisotopic (exact) mass is 432 g/mol. The number of aromatic amines is 1. The van der Waals surface area contributed by atoms with Gasteiger partial charge in [-0.2, -0.15) is 0 Å². The van der Waals surface area contributed by atoms with E-state index in [1.807, 2.05) is 49.1 Å². The highest BCUT2D eigenvalue weighted by Gasteiger charge is 2.29. The Morgan fingerprint density at radius 3 is 2.47 bits per heavy atom. The van der Waals surface area contributed by atoms with Gasteiger partial charge < -0.3 is 14.6 Å². The van der Waals surface area contributed by atoms with Crippen LogP contribution >= 0.6 is 0 Å². The lowest BCUT2D eigenvalue weighted by Gasteiger charge is -2.33. The molecule has 1 aromatic carbocycles. The molecule has 0 radical (unpaired) electrons. The van der Waals surface area contributed by atoms with E-state index < -0.39 is 6.10 Å². The fourth-order valence-corrected chi connectivity index (χ4v) is 4.20. The zero-order chi connectivity index (χ0) is 22.7. The fraction of sp³-hybridized carbons (Fsp3) is 0.360. The second kappa shape index (κ2) is 9.34. The van der Waals surface area contributed by atoms with Crippen LogP contribution in [0.2, 0.25) is 0 Å². The number of aromatic nitrogens is 3. The number of carbonyl (C=O) groups excluding carboxylic acids is 1. The molecule has 32 heavy (non-hydrogen) atoms. The molecule has 3 aromatic rings. The van der Waals surface area contributed by atoms with Crippen molar-refractivity contribution in [1.82, 2.24) is 19.9 Å². The van der Waals surface area contributed by atoms with Crippen molar-refractivity contribution in [2.45, 2.75) is 45.6 Å². The van der Waals surface area contributed by atoms with Gasteiger partial charge in [-0.15, -0.1) is 0 Å². The van der Waals surface area contributed by atoms with E-state index in [4.69, 9.17) is 4.74 Å². The summed E-state index contributed by atoms with van der Waals surface area (Å²) in [6.07, 6.45) is 2.59. The van der Waals surface area contributed by atoms with E-state index in [0.29, 0.717) is 36.1 Å². The van der Waals surface area contributed by atoms with Crippen molar-refractivity contribution in [2.75, 3.05) is 13.1 Å². The number of hydrogen-bond acceptors (Lipinski definition) is 5. The molecule has 1 saturated heterocycles. The Bertz CT molecular complexity index is 1130. The molecule has 1 fully saturated rings. The summed E-state index contributed by atoms with van der Waals surface area (Å²) in [5.41, 5.74) is 3.26. The second-order valence-electron chi connectivity index (χ2n) is 8.41. The number of piperidine rings is 1. The van der Waals surface area contributed by atoms with E-state index >= 15 is 0 Å². The summed E-state index contributed by atoms with van der Waals surface area (Å²) in [7, 11) is 0. The molecule has 7 heteroatoms. The SMILES string of the molecule is Cc1cc(C)cc(O[C@H](C)C(=O)N2CCC(c3nc(-c4ccccn4)cc(=O)[nH]3)CC2)c1. The van der Waals surface area contributed by atoms with Crippen molar-refractivity contribution in [3.05, 3.63) is 76.0 Å². The van der Waals surface area contributed by atoms with Gasteiger partial charge in [-0.1, -0.05) is 12.1 Å². The summed E-state index contributed by atoms with van der Waals surface area (Å²) in [4.78, 5) is 38.8. The molecule has 1 amide bonds. The number of pyridine rings is 1. The third-order valence-electron chi connectivity index (χ3n) is 5.74. The molecule has 4 rings (SSSR count). The minimum atomic E-state index is -0.557. The van der Waals surface area contributed by atoms with Crippen molar-refractivity contribution in [3.8, 4) is 17.1 Å². The number of amides is 1. The molecule has 0 aliphatic carbocycles. The topological polar surface area (TPSA) is 88.2 Å². The van der Waals surface area contributed by atoms with Crippen molar-refractivity contribution in [3.63, 3.8) is 0 Å². The molecular weight excluding hydrogens is 404 g/mol. The molecular formula is C25H28N4O3. The van der Waals surface area contributed by atoms with Crippen LogP contribution < -0.4 is 10.3 Å². The molecule has 1 aliphatic rings. The predicted molar refractivity (Wildman–Crippen MR) is 123 cm³/mol. The van der Waals surface area contributed by atoms with E-state index in [1.165, 1.54) is 6.07 Å². The summed E-state index contributed by atoms with van der Waals surface area (Å²) in [6, 6.07) is 13.0. The minimum Gasteiger partial charge on any atom is -0.481 e. The number of hydrogen-bond donors (Lipinski definition) is 1. The number of likely N-dealkylation sites (tertiary alicyclic amines) is 1. The van der Waals surface area contributed by atoms with Crippen LogP contribution in [0.15, 0.2) is 53.5 Å². The van der Waals surface area contributed by atoms with Gasteiger partial charge in [-0.25, -0.2) is 4.98 Å². The Labute approximate surface area is 187 Å². The lowest BCUT2D eigenvalue weighted by atomic mass is 9.95. The Kier molecular flexibility index (Phi) is 6.35. The minimum absolute atomic E-state index is 0.0219. The molecule has 1 N–H and O–H groups in total. The fourth-order valence-electron chi connectivity index (χ4n) is 4.20. The average molecular weight is 433 g/mol. The van der Waals surface area contributed by atoms with Crippen LogP contribution in [-0.2, 0) is 4.79 Å². The van der Waals surface area contributed by atoms with Crippen LogP contribution in [0, 0.1) is 13.8 Å². The lowest BCUT2D eigenvalue weighted by Crippen LogP contribution is -2.44. The summed E-state index contributed by atoms with van der Waals surface area (Å²) in [5.74, 6) is 1.44. The number of ether oxygens (including phenoxy) is 1. The number of H-pyrrole nitrogens is 1. The highest BCUT2D eigenvalue weighted by molar-refractivity contribution is 5.81. The van der Waals surface area contributed by atoms with Gasteiger partial charge in [0.1, 0.15) is 11.6 Å². The molecule has 166 valence electrons. The van der Waals surface area contributed by atoms with Crippen LogP contribution in [0.3, 0.4) is 0 Å². The maximum atomic E-state index is 12.9. The van der Waals surface area contributed by atoms with Crippen LogP contribution in [0.25, 0.3) is 11.4 Å². The quantitative estimate of drug-likeness (QED) is 0.665. The first-order valence-electron chi connectivity index (χ1n) is 11.0. The van der Waals surface area contributed by atoms with E-state index in [-0.39, 0.29) is 17.4 Å². The number of rotatable bonds is 5. The molecule has 0 spiro atoms. The number of nitrogens with one attached hydrogen (secondary N) is 1. The first-order chi connectivity index (χ1) is 15.4. The lowest BCUT2D eigenvalue weighted by molar-refractivity contribution is -0.139. The van der Waals surface area contributed by atoms with E-state index in [1.54, 1.807) is 13.1 Å². The van der Waals surface area contributed by atoms with Crippen LogP contribution in [-0.4, -0.2) is 45.0 Å². The van der Waals surface area contributed by atoms with Gasteiger partial charge >= 0.3 is 0 Å². The zero-order valence-electron chi connectivity index (χ0n) is 18.7. The standard InChI is InChI=1S/C25H28N4O3/c1-16-12-17(2)14-20(13-16)32-18(3)25(31)29-10-7-19(8-11-29)24-27-22(15-23(30)28-24)21-6-4-5-9-26-21/h4-6,9,12-15,18-19H,7-8,10-11H2,1-3H3,(H,27,28,30)/t18-/m1/s1. The summed E-state index contributed by atoms with van der Waals surface area (Å²) < 4.78 is 5.92. The summed E-state index contributed by atoms with van der Waals surface area (Å²) in [6.45, 7) is 7.02. The number of carbonyl (C=O) groups is 1. The maximum absolute atomic E-state index is 12.9. The first kappa shape index (κ1) is 21.7. The Hall–Kier alpha value is -3.48. The third-order valence-corrected chi connectivity index (χ3v) is 5.74. The van der Waals surface area contributed by atoms with Crippen molar-refractivity contribution in [2.24, 2.45) is 0 Å². The summed E-state index contributed by atoms with van der Waals surface area (Å²) in [5, 5.41) is 0. The van der Waals surface area contributed by atoms with Crippen LogP contribution in [0.5, 0.6) is 5.75 Å². The molecule has 0 saturated carbocycles. The predicted octanol–water partition coefficient (Wildman–Crippen LogP) is 3.62. The first-order valence-corrected chi connectivity index (χ1v) is 11.0. The van der Waals surface area contributed by atoms with Crippen molar-refractivity contribution >= 4 is 5.91 Å². The van der Waals surface area contributed by atoms with E-state index in [0.717, 1.165) is 24.0 Å². The second-order valence-corrected chi connectivity index (χ2v) is 8.41. The smallest absolute Gasteiger partial charge is 0.263 e. The highest BCUT2D eigenvalue weighted by Crippen LogP contribution is 2.27. The number of aryl methyl sites for hydroxylation is 2. The molecule has 2 aromatic heterocycles. The molecule has 3 heterocycles. The molecule has 1 atom stereocenters. The summed E-state index contributed by atoms with van der Waals surface area (Å²) >= 11 is 0.